The Labute approximate surface area is 164 Å². The third kappa shape index (κ3) is 8.01. The summed E-state index contributed by atoms with van der Waals surface area (Å²) in [6.07, 6.45) is 14.9. The molecular formula is C21H34N2O3S. The molecule has 1 aromatic heterocycles. The molecule has 0 fully saturated rings. The Balaban J connectivity index is 1.51. The summed E-state index contributed by atoms with van der Waals surface area (Å²) in [5, 5.41) is -0.109. The summed E-state index contributed by atoms with van der Waals surface area (Å²) < 4.78 is 29.5. The van der Waals surface area contributed by atoms with Gasteiger partial charge in [-0.2, -0.15) is 8.42 Å². The van der Waals surface area contributed by atoms with E-state index in [0.717, 1.165) is 19.3 Å². The molecule has 0 saturated heterocycles. The Morgan fingerprint density at radius 1 is 0.852 bits per heavy atom. The molecule has 0 saturated carbocycles. The molecule has 0 bridgehead atoms. The first-order chi connectivity index (χ1) is 13.1. The molecule has 0 aliphatic heterocycles. The van der Waals surface area contributed by atoms with Crippen molar-refractivity contribution in [1.82, 2.24) is 9.97 Å². The van der Waals surface area contributed by atoms with Crippen molar-refractivity contribution in [1.29, 1.82) is 0 Å². The van der Waals surface area contributed by atoms with E-state index >= 15 is 0 Å². The van der Waals surface area contributed by atoms with Crippen LogP contribution in [0.15, 0.2) is 29.4 Å². The van der Waals surface area contributed by atoms with Gasteiger partial charge in [0.25, 0.3) is 5.16 Å². The van der Waals surface area contributed by atoms with Gasteiger partial charge in [-0.1, -0.05) is 89.7 Å². The van der Waals surface area contributed by atoms with Crippen LogP contribution in [0.1, 0.15) is 84.0 Å². The highest BCUT2D eigenvalue weighted by Gasteiger charge is 2.19. The minimum atomic E-state index is -3.80. The molecule has 0 spiro atoms. The first-order valence-electron chi connectivity index (χ1n) is 10.5. The van der Waals surface area contributed by atoms with Crippen LogP contribution in [0.25, 0.3) is 11.0 Å². The summed E-state index contributed by atoms with van der Waals surface area (Å²) in [4.78, 5) is 6.90. The molecule has 1 aromatic carbocycles. The topological polar surface area (TPSA) is 72.1 Å². The average molecular weight is 395 g/mol. The van der Waals surface area contributed by atoms with Crippen molar-refractivity contribution in [3.05, 3.63) is 24.3 Å². The van der Waals surface area contributed by atoms with Crippen LogP contribution >= 0.6 is 0 Å². The molecule has 1 heterocycles. The molecule has 0 atom stereocenters. The lowest BCUT2D eigenvalue weighted by atomic mass is 10.1. The number of hydrogen-bond acceptors (Lipinski definition) is 4. The van der Waals surface area contributed by atoms with Crippen molar-refractivity contribution in [2.24, 2.45) is 0 Å². The standard InChI is InChI=1S/C21H34N2O3S/c1-2-3-4-5-6-7-8-9-10-11-12-15-18-26-27(24,25)21-22-19-16-13-14-17-20(19)23-21/h13-14,16-17H,2-12,15,18H2,1H3,(H,22,23). The number of imidazole rings is 1. The summed E-state index contributed by atoms with van der Waals surface area (Å²) in [6, 6.07) is 7.24. The number of aromatic nitrogens is 2. The quantitative estimate of drug-likeness (QED) is 0.298. The van der Waals surface area contributed by atoms with Crippen LogP contribution in [0.3, 0.4) is 0 Å². The van der Waals surface area contributed by atoms with Crippen LogP contribution in [0.5, 0.6) is 0 Å². The van der Waals surface area contributed by atoms with E-state index in [4.69, 9.17) is 4.18 Å². The zero-order chi connectivity index (χ0) is 19.4. The number of H-pyrrole nitrogens is 1. The minimum Gasteiger partial charge on any atom is -0.327 e. The smallest absolute Gasteiger partial charge is 0.327 e. The highest BCUT2D eigenvalue weighted by molar-refractivity contribution is 7.86. The molecule has 6 heteroatoms. The van der Waals surface area contributed by atoms with Crippen molar-refractivity contribution < 1.29 is 12.6 Å². The molecule has 0 amide bonds. The van der Waals surface area contributed by atoms with E-state index in [1.165, 1.54) is 57.8 Å². The maximum Gasteiger partial charge on any atom is 0.331 e. The van der Waals surface area contributed by atoms with E-state index in [0.29, 0.717) is 11.0 Å². The second-order valence-electron chi connectivity index (χ2n) is 7.22. The van der Waals surface area contributed by atoms with E-state index < -0.39 is 10.1 Å². The van der Waals surface area contributed by atoms with Gasteiger partial charge in [-0.05, 0) is 18.6 Å². The largest absolute Gasteiger partial charge is 0.331 e. The SMILES string of the molecule is CCCCCCCCCCCCCCOS(=O)(=O)c1nc2ccccc2[nH]1. The molecule has 27 heavy (non-hydrogen) atoms. The highest BCUT2D eigenvalue weighted by atomic mass is 32.2. The third-order valence-corrected chi connectivity index (χ3v) is 5.98. The van der Waals surface area contributed by atoms with Gasteiger partial charge in [-0.25, -0.2) is 4.98 Å². The fraction of sp³-hybridized carbons (Fsp3) is 0.667. The fourth-order valence-corrected chi connectivity index (χ4v) is 4.11. The van der Waals surface area contributed by atoms with Crippen LogP contribution < -0.4 is 0 Å². The Morgan fingerprint density at radius 2 is 1.41 bits per heavy atom. The number of unbranched alkanes of at least 4 members (excludes halogenated alkanes) is 11. The number of para-hydroxylation sites is 2. The summed E-state index contributed by atoms with van der Waals surface area (Å²) in [6.45, 7) is 2.47. The van der Waals surface area contributed by atoms with Gasteiger partial charge < -0.3 is 4.98 Å². The Bertz CT molecular complexity index is 723. The molecule has 2 rings (SSSR count). The van der Waals surface area contributed by atoms with Crippen LogP contribution in [-0.2, 0) is 14.3 Å². The van der Waals surface area contributed by atoms with Crippen molar-refractivity contribution in [2.45, 2.75) is 89.1 Å². The summed E-state index contributed by atoms with van der Waals surface area (Å²) in [5.41, 5.74) is 1.33. The monoisotopic (exact) mass is 394 g/mol. The summed E-state index contributed by atoms with van der Waals surface area (Å²) in [7, 11) is -3.80. The number of nitrogens with one attached hydrogen (secondary N) is 1. The number of rotatable bonds is 15. The maximum atomic E-state index is 12.2. The van der Waals surface area contributed by atoms with E-state index in [1.807, 2.05) is 12.1 Å². The molecule has 2 aromatic rings. The zero-order valence-electron chi connectivity index (χ0n) is 16.6. The third-order valence-electron chi connectivity index (χ3n) is 4.84. The fourth-order valence-electron chi connectivity index (χ4n) is 3.22. The van der Waals surface area contributed by atoms with Crippen LogP contribution in [0.2, 0.25) is 0 Å². The van der Waals surface area contributed by atoms with Gasteiger partial charge in [0.1, 0.15) is 0 Å². The van der Waals surface area contributed by atoms with E-state index in [2.05, 4.69) is 16.9 Å². The van der Waals surface area contributed by atoms with E-state index in [9.17, 15) is 8.42 Å². The Kier molecular flexibility index (Phi) is 9.84. The second-order valence-corrected chi connectivity index (χ2v) is 8.75. The molecule has 0 radical (unpaired) electrons. The van der Waals surface area contributed by atoms with Crippen molar-refractivity contribution in [3.63, 3.8) is 0 Å². The van der Waals surface area contributed by atoms with Gasteiger partial charge in [0.2, 0.25) is 0 Å². The zero-order valence-corrected chi connectivity index (χ0v) is 17.4. The number of benzene rings is 1. The van der Waals surface area contributed by atoms with Gasteiger partial charge in [-0.15, -0.1) is 0 Å². The lowest BCUT2D eigenvalue weighted by molar-refractivity contribution is 0.303. The molecule has 1 N–H and O–H groups in total. The van der Waals surface area contributed by atoms with Crippen molar-refractivity contribution >= 4 is 21.2 Å². The number of nitrogens with zero attached hydrogens (tertiary/aromatic N) is 1. The predicted octanol–water partition coefficient (Wildman–Crippen LogP) is 5.97. The molecule has 0 aliphatic carbocycles. The van der Waals surface area contributed by atoms with Gasteiger partial charge >= 0.3 is 10.1 Å². The lowest BCUT2D eigenvalue weighted by Crippen LogP contribution is -2.09. The van der Waals surface area contributed by atoms with Crippen LogP contribution in [0, 0.1) is 0 Å². The molecule has 152 valence electrons. The second kappa shape index (κ2) is 12.1. The van der Waals surface area contributed by atoms with Gasteiger partial charge in [0.15, 0.2) is 0 Å². The predicted molar refractivity (Wildman–Crippen MR) is 110 cm³/mol. The Hall–Kier alpha value is -1.40. The van der Waals surface area contributed by atoms with Crippen LogP contribution in [0.4, 0.5) is 0 Å². The van der Waals surface area contributed by atoms with E-state index in [1.54, 1.807) is 12.1 Å². The van der Waals surface area contributed by atoms with Crippen LogP contribution in [-0.4, -0.2) is 25.0 Å². The normalized spacial score (nSPS) is 12.0. The Morgan fingerprint density at radius 3 is 2.00 bits per heavy atom. The summed E-state index contributed by atoms with van der Waals surface area (Å²) in [5.74, 6) is 0. The number of hydrogen-bond donors (Lipinski definition) is 1. The molecule has 0 aliphatic rings. The van der Waals surface area contributed by atoms with Gasteiger partial charge in [-0.3, -0.25) is 4.18 Å². The highest BCUT2D eigenvalue weighted by Crippen LogP contribution is 2.16. The molecule has 0 unspecified atom stereocenters. The lowest BCUT2D eigenvalue weighted by Gasteiger charge is -2.04. The van der Waals surface area contributed by atoms with Crippen molar-refractivity contribution in [2.75, 3.05) is 6.61 Å². The maximum absolute atomic E-state index is 12.2. The first kappa shape index (κ1) is 21.9. The van der Waals surface area contributed by atoms with Gasteiger partial charge in [0.05, 0.1) is 17.6 Å². The summed E-state index contributed by atoms with van der Waals surface area (Å²) >= 11 is 0. The average Bonchev–Trinajstić information content (AvgIpc) is 3.11. The molecule has 5 nitrogen and oxygen atoms in total. The van der Waals surface area contributed by atoms with Gasteiger partial charge in [0, 0.05) is 0 Å². The van der Waals surface area contributed by atoms with E-state index in [-0.39, 0.29) is 11.8 Å². The first-order valence-corrected chi connectivity index (χ1v) is 11.9. The minimum absolute atomic E-state index is 0.109. The number of aromatic amines is 1. The molecular weight excluding hydrogens is 360 g/mol. The number of fused-ring (bicyclic) bond motifs is 1. The van der Waals surface area contributed by atoms with Crippen molar-refractivity contribution in [3.8, 4) is 0 Å².